The number of carbonyl (C=O) groups is 2. The number of ether oxygens (including phenoxy) is 1. The van der Waals surface area contributed by atoms with E-state index in [-0.39, 0.29) is 36.4 Å². The van der Waals surface area contributed by atoms with Gasteiger partial charge < -0.3 is 15.0 Å². The molecule has 2 aromatic carbocycles. The molecule has 0 aliphatic heterocycles. The molecule has 0 saturated carbocycles. The SMILES string of the molecule is CC(C)NC(=O)C(C)N(Cc1ccc(Cl)cc1Cl)C(=O)COc1ccc(C(C)(C)C)cc1Br. The van der Waals surface area contributed by atoms with E-state index in [0.29, 0.717) is 21.4 Å². The Hall–Kier alpha value is -1.76. The van der Waals surface area contributed by atoms with E-state index in [9.17, 15) is 9.59 Å². The topological polar surface area (TPSA) is 58.6 Å². The predicted molar refractivity (Wildman–Crippen MR) is 138 cm³/mol. The van der Waals surface area contributed by atoms with Gasteiger partial charge in [-0.05, 0) is 77.5 Å². The van der Waals surface area contributed by atoms with E-state index in [1.54, 1.807) is 25.1 Å². The van der Waals surface area contributed by atoms with Crippen molar-refractivity contribution in [1.82, 2.24) is 10.2 Å². The van der Waals surface area contributed by atoms with E-state index < -0.39 is 6.04 Å². The second-order valence-electron chi connectivity index (χ2n) is 9.28. The maximum Gasteiger partial charge on any atom is 0.261 e. The lowest BCUT2D eigenvalue weighted by Crippen LogP contribution is -2.50. The minimum absolute atomic E-state index is 0.00920. The third-order valence-corrected chi connectivity index (χ3v) is 6.31. The molecule has 0 heterocycles. The highest BCUT2D eigenvalue weighted by Crippen LogP contribution is 2.31. The molecule has 33 heavy (non-hydrogen) atoms. The first-order valence-corrected chi connectivity index (χ1v) is 12.3. The van der Waals surface area contributed by atoms with E-state index in [1.807, 2.05) is 32.0 Å². The number of hydrogen-bond donors (Lipinski definition) is 1. The third kappa shape index (κ3) is 7.90. The Labute approximate surface area is 214 Å². The van der Waals surface area contributed by atoms with Crippen LogP contribution in [-0.2, 0) is 21.5 Å². The fourth-order valence-electron chi connectivity index (χ4n) is 3.13. The van der Waals surface area contributed by atoms with Gasteiger partial charge in [-0.15, -0.1) is 0 Å². The van der Waals surface area contributed by atoms with Gasteiger partial charge in [0.2, 0.25) is 5.91 Å². The summed E-state index contributed by atoms with van der Waals surface area (Å²) in [6, 6.07) is 10.1. The van der Waals surface area contributed by atoms with E-state index in [1.165, 1.54) is 4.90 Å². The molecule has 0 aliphatic rings. The van der Waals surface area contributed by atoms with Crippen LogP contribution in [0.5, 0.6) is 5.75 Å². The zero-order valence-electron chi connectivity index (χ0n) is 19.8. The number of nitrogens with zero attached hydrogens (tertiary/aromatic N) is 1. The number of benzene rings is 2. The van der Waals surface area contributed by atoms with Gasteiger partial charge in [-0.2, -0.15) is 0 Å². The Kier molecular flexibility index (Phi) is 9.65. The van der Waals surface area contributed by atoms with Crippen LogP contribution in [0, 0.1) is 0 Å². The third-order valence-electron chi connectivity index (χ3n) is 5.10. The van der Waals surface area contributed by atoms with Crippen LogP contribution in [-0.4, -0.2) is 35.4 Å². The summed E-state index contributed by atoms with van der Waals surface area (Å²) in [6.45, 7) is 11.7. The Morgan fingerprint density at radius 3 is 2.30 bits per heavy atom. The molecule has 0 aromatic heterocycles. The van der Waals surface area contributed by atoms with Crippen LogP contribution in [0.25, 0.3) is 0 Å². The zero-order valence-corrected chi connectivity index (χ0v) is 22.9. The first-order chi connectivity index (χ1) is 15.3. The van der Waals surface area contributed by atoms with Gasteiger partial charge in [0.15, 0.2) is 6.61 Å². The number of carbonyl (C=O) groups excluding carboxylic acids is 2. The van der Waals surface area contributed by atoms with Crippen molar-refractivity contribution >= 4 is 50.9 Å². The second kappa shape index (κ2) is 11.6. The minimum Gasteiger partial charge on any atom is -0.483 e. The van der Waals surface area contributed by atoms with Gasteiger partial charge >= 0.3 is 0 Å². The standard InChI is InChI=1S/C25H31BrCl2N2O3/c1-15(2)29-24(32)16(3)30(13-17-7-9-19(27)12-21(17)28)23(31)14-33-22-10-8-18(11-20(22)26)25(4,5)6/h7-12,15-16H,13-14H2,1-6H3,(H,29,32). The summed E-state index contributed by atoms with van der Waals surface area (Å²) < 4.78 is 6.59. The van der Waals surface area contributed by atoms with Crippen LogP contribution in [0.2, 0.25) is 10.0 Å². The molecular weight excluding hydrogens is 527 g/mol. The Morgan fingerprint density at radius 1 is 1.09 bits per heavy atom. The summed E-state index contributed by atoms with van der Waals surface area (Å²) in [6.07, 6.45) is 0. The number of halogens is 3. The fraction of sp³-hybridized carbons (Fsp3) is 0.440. The summed E-state index contributed by atoms with van der Waals surface area (Å²) in [7, 11) is 0. The predicted octanol–water partition coefficient (Wildman–Crippen LogP) is 6.37. The quantitative estimate of drug-likeness (QED) is 0.410. The smallest absolute Gasteiger partial charge is 0.261 e. The first-order valence-electron chi connectivity index (χ1n) is 10.8. The summed E-state index contributed by atoms with van der Waals surface area (Å²) >= 11 is 15.9. The van der Waals surface area contributed by atoms with Crippen molar-refractivity contribution in [2.24, 2.45) is 0 Å². The molecule has 2 amide bonds. The van der Waals surface area contributed by atoms with Crippen LogP contribution < -0.4 is 10.1 Å². The molecular formula is C25H31BrCl2N2O3. The van der Waals surface area contributed by atoms with Crippen molar-refractivity contribution in [3.8, 4) is 5.75 Å². The maximum atomic E-state index is 13.2. The summed E-state index contributed by atoms with van der Waals surface area (Å²) in [5.41, 5.74) is 1.82. The molecule has 1 unspecified atom stereocenters. The number of rotatable bonds is 8. The van der Waals surface area contributed by atoms with Gasteiger partial charge in [-0.1, -0.05) is 56.1 Å². The molecule has 1 atom stereocenters. The summed E-state index contributed by atoms with van der Waals surface area (Å²) in [5.74, 6) is -0.0292. The van der Waals surface area contributed by atoms with Gasteiger partial charge in [0, 0.05) is 22.6 Å². The van der Waals surface area contributed by atoms with Crippen molar-refractivity contribution < 1.29 is 14.3 Å². The molecule has 8 heteroatoms. The average Bonchev–Trinajstić information content (AvgIpc) is 2.70. The van der Waals surface area contributed by atoms with Crippen LogP contribution in [0.4, 0.5) is 0 Å². The van der Waals surface area contributed by atoms with Gasteiger partial charge in [0.1, 0.15) is 11.8 Å². The molecule has 0 fully saturated rings. The molecule has 2 rings (SSSR count). The molecule has 0 aliphatic carbocycles. The van der Waals surface area contributed by atoms with Crippen LogP contribution in [0.1, 0.15) is 52.7 Å². The lowest BCUT2D eigenvalue weighted by molar-refractivity contribution is -0.142. The summed E-state index contributed by atoms with van der Waals surface area (Å²) in [5, 5.41) is 3.78. The highest BCUT2D eigenvalue weighted by molar-refractivity contribution is 9.10. The Morgan fingerprint density at radius 2 is 1.76 bits per heavy atom. The first kappa shape index (κ1) is 27.5. The maximum absolute atomic E-state index is 13.2. The average molecular weight is 558 g/mol. The van der Waals surface area contributed by atoms with E-state index in [4.69, 9.17) is 27.9 Å². The lowest BCUT2D eigenvalue weighted by atomic mass is 9.87. The Bertz CT molecular complexity index is 1010. The fourth-order valence-corrected chi connectivity index (χ4v) is 4.09. The van der Waals surface area contributed by atoms with Gasteiger partial charge in [-0.3, -0.25) is 9.59 Å². The van der Waals surface area contributed by atoms with Crippen molar-refractivity contribution in [2.75, 3.05) is 6.61 Å². The number of hydrogen-bond acceptors (Lipinski definition) is 3. The van der Waals surface area contributed by atoms with Crippen LogP contribution >= 0.6 is 39.1 Å². The number of amides is 2. The monoisotopic (exact) mass is 556 g/mol. The molecule has 0 bridgehead atoms. The van der Waals surface area contributed by atoms with Crippen molar-refractivity contribution in [1.29, 1.82) is 0 Å². The molecule has 1 N–H and O–H groups in total. The highest BCUT2D eigenvalue weighted by atomic mass is 79.9. The van der Waals surface area contributed by atoms with Crippen LogP contribution in [0.3, 0.4) is 0 Å². The lowest BCUT2D eigenvalue weighted by Gasteiger charge is -2.29. The molecule has 0 radical (unpaired) electrons. The largest absolute Gasteiger partial charge is 0.483 e. The van der Waals surface area contributed by atoms with Crippen molar-refractivity contribution in [3.63, 3.8) is 0 Å². The van der Waals surface area contributed by atoms with Crippen molar-refractivity contribution in [2.45, 2.75) is 65.6 Å². The van der Waals surface area contributed by atoms with Gasteiger partial charge in [0.25, 0.3) is 5.91 Å². The summed E-state index contributed by atoms with van der Waals surface area (Å²) in [4.78, 5) is 27.3. The zero-order chi connectivity index (χ0) is 24.9. The molecule has 0 saturated heterocycles. The van der Waals surface area contributed by atoms with Gasteiger partial charge in [-0.25, -0.2) is 0 Å². The minimum atomic E-state index is -0.720. The molecule has 2 aromatic rings. The van der Waals surface area contributed by atoms with Crippen molar-refractivity contribution in [3.05, 3.63) is 62.0 Å². The normalized spacial score (nSPS) is 12.4. The molecule has 0 spiro atoms. The molecule has 180 valence electrons. The second-order valence-corrected chi connectivity index (χ2v) is 11.0. The van der Waals surface area contributed by atoms with E-state index in [2.05, 4.69) is 42.0 Å². The number of nitrogens with one attached hydrogen (secondary N) is 1. The highest BCUT2D eigenvalue weighted by Gasteiger charge is 2.27. The van der Waals surface area contributed by atoms with Gasteiger partial charge in [0.05, 0.1) is 4.47 Å². The van der Waals surface area contributed by atoms with Crippen LogP contribution in [0.15, 0.2) is 40.9 Å². The van der Waals surface area contributed by atoms with E-state index >= 15 is 0 Å². The Balaban J connectivity index is 2.23. The molecule has 5 nitrogen and oxygen atoms in total. The van der Waals surface area contributed by atoms with E-state index in [0.717, 1.165) is 10.0 Å².